The third-order valence-electron chi connectivity index (χ3n) is 3.42. The molecule has 0 aliphatic heterocycles. The van der Waals surface area contributed by atoms with E-state index in [1.165, 1.54) is 12.8 Å². The summed E-state index contributed by atoms with van der Waals surface area (Å²) in [5.74, 6) is 0.689. The second kappa shape index (κ2) is 8.35. The molecule has 0 unspecified atom stereocenters. The summed E-state index contributed by atoms with van der Waals surface area (Å²) in [6.07, 6.45) is 5.25. The van der Waals surface area contributed by atoms with E-state index in [1.54, 1.807) is 6.07 Å². The quantitative estimate of drug-likeness (QED) is 0.563. The third-order valence-corrected chi connectivity index (χ3v) is 3.61. The SMILES string of the molecule is CCCc1cc(C(=O)NCCCOCC2CC2)cc(Cl)n1. The fraction of sp³-hybridized carbons (Fsp3) is 0.625. The molecule has 21 heavy (non-hydrogen) atoms. The van der Waals surface area contributed by atoms with E-state index in [2.05, 4.69) is 17.2 Å². The Hall–Kier alpha value is -1.13. The number of halogens is 1. The molecule has 1 saturated carbocycles. The lowest BCUT2D eigenvalue weighted by atomic mass is 10.1. The van der Waals surface area contributed by atoms with E-state index in [0.717, 1.165) is 37.5 Å². The molecule has 0 saturated heterocycles. The van der Waals surface area contributed by atoms with Crippen LogP contribution in [0.1, 0.15) is 48.7 Å². The van der Waals surface area contributed by atoms with Gasteiger partial charge in [-0.2, -0.15) is 0 Å². The molecule has 1 amide bonds. The summed E-state index contributed by atoms with van der Waals surface area (Å²) in [5, 5.41) is 3.27. The molecule has 1 aromatic rings. The predicted octanol–water partition coefficient (Wildman–Crippen LogP) is 3.23. The number of hydrogen-bond donors (Lipinski definition) is 1. The summed E-state index contributed by atoms with van der Waals surface area (Å²) >= 11 is 5.96. The minimum Gasteiger partial charge on any atom is -0.381 e. The van der Waals surface area contributed by atoms with Crippen LogP contribution in [0.25, 0.3) is 0 Å². The smallest absolute Gasteiger partial charge is 0.251 e. The Labute approximate surface area is 131 Å². The van der Waals surface area contributed by atoms with Crippen LogP contribution in [0.5, 0.6) is 0 Å². The van der Waals surface area contributed by atoms with Gasteiger partial charge in [-0.1, -0.05) is 24.9 Å². The Kier molecular flexibility index (Phi) is 6.46. The Bertz CT molecular complexity index is 475. The number of ether oxygens (including phenoxy) is 1. The number of hydrogen-bond acceptors (Lipinski definition) is 3. The number of rotatable bonds is 9. The molecule has 1 N–H and O–H groups in total. The molecule has 1 aliphatic rings. The van der Waals surface area contributed by atoms with Crippen molar-refractivity contribution in [1.82, 2.24) is 10.3 Å². The van der Waals surface area contributed by atoms with E-state index < -0.39 is 0 Å². The van der Waals surface area contributed by atoms with Crippen LogP contribution in [0, 0.1) is 5.92 Å². The van der Waals surface area contributed by atoms with Crippen molar-refractivity contribution in [3.05, 3.63) is 28.5 Å². The van der Waals surface area contributed by atoms with Crippen LogP contribution in [0.15, 0.2) is 12.1 Å². The minimum absolute atomic E-state index is 0.0983. The van der Waals surface area contributed by atoms with Crippen molar-refractivity contribution in [2.75, 3.05) is 19.8 Å². The molecule has 1 heterocycles. The van der Waals surface area contributed by atoms with Gasteiger partial charge in [-0.3, -0.25) is 4.79 Å². The van der Waals surface area contributed by atoms with Crippen molar-refractivity contribution in [2.24, 2.45) is 5.92 Å². The summed E-state index contributed by atoms with van der Waals surface area (Å²) in [6.45, 7) is 4.26. The molecular formula is C16H23ClN2O2. The third kappa shape index (κ3) is 6.02. The maximum atomic E-state index is 12.1. The molecular weight excluding hydrogens is 288 g/mol. The number of nitrogens with one attached hydrogen (secondary N) is 1. The molecule has 0 bridgehead atoms. The van der Waals surface area contributed by atoms with Gasteiger partial charge in [-0.25, -0.2) is 4.98 Å². The first-order valence-electron chi connectivity index (χ1n) is 7.71. The fourth-order valence-corrected chi connectivity index (χ4v) is 2.31. The van der Waals surface area contributed by atoms with Gasteiger partial charge in [0, 0.05) is 31.0 Å². The van der Waals surface area contributed by atoms with Crippen LogP contribution < -0.4 is 5.32 Å². The fourth-order valence-electron chi connectivity index (χ4n) is 2.08. The standard InChI is InChI=1S/C16H23ClN2O2/c1-2-4-14-9-13(10-15(17)19-14)16(20)18-7-3-8-21-11-12-5-6-12/h9-10,12H,2-8,11H2,1H3,(H,18,20). The van der Waals surface area contributed by atoms with Crippen molar-refractivity contribution < 1.29 is 9.53 Å². The molecule has 0 aromatic carbocycles. The first kappa shape index (κ1) is 16.2. The van der Waals surface area contributed by atoms with Gasteiger partial charge in [0.1, 0.15) is 5.15 Å². The van der Waals surface area contributed by atoms with Gasteiger partial charge in [-0.15, -0.1) is 0 Å². The number of carbonyl (C=O) groups excluding carboxylic acids is 1. The van der Waals surface area contributed by atoms with Crippen LogP contribution in [0.2, 0.25) is 5.15 Å². The Morgan fingerprint density at radius 3 is 3.00 bits per heavy atom. The summed E-state index contributed by atoms with van der Waals surface area (Å²) < 4.78 is 5.53. The van der Waals surface area contributed by atoms with E-state index in [9.17, 15) is 4.79 Å². The van der Waals surface area contributed by atoms with Crippen molar-refractivity contribution in [3.63, 3.8) is 0 Å². The summed E-state index contributed by atoms with van der Waals surface area (Å²) in [6, 6.07) is 3.42. The maximum Gasteiger partial charge on any atom is 0.251 e. The lowest BCUT2D eigenvalue weighted by molar-refractivity contribution is 0.0937. The van der Waals surface area contributed by atoms with Gasteiger partial charge in [-0.05, 0) is 43.7 Å². The molecule has 0 spiro atoms. The topological polar surface area (TPSA) is 51.2 Å². The Morgan fingerprint density at radius 1 is 1.48 bits per heavy atom. The van der Waals surface area contributed by atoms with Gasteiger partial charge in [0.25, 0.3) is 5.91 Å². The monoisotopic (exact) mass is 310 g/mol. The molecule has 4 nitrogen and oxygen atoms in total. The summed E-state index contributed by atoms with van der Waals surface area (Å²) in [7, 11) is 0. The Morgan fingerprint density at radius 2 is 2.29 bits per heavy atom. The molecule has 2 rings (SSSR count). The van der Waals surface area contributed by atoms with Crippen molar-refractivity contribution in [2.45, 2.75) is 39.0 Å². The van der Waals surface area contributed by atoms with Gasteiger partial charge < -0.3 is 10.1 Å². The van der Waals surface area contributed by atoms with Crippen molar-refractivity contribution in [3.8, 4) is 0 Å². The molecule has 0 atom stereocenters. The van der Waals surface area contributed by atoms with E-state index in [0.29, 0.717) is 23.9 Å². The van der Waals surface area contributed by atoms with E-state index >= 15 is 0 Å². The normalized spacial score (nSPS) is 14.2. The van der Waals surface area contributed by atoms with Gasteiger partial charge in [0.15, 0.2) is 0 Å². The molecule has 116 valence electrons. The number of aromatic nitrogens is 1. The molecule has 0 radical (unpaired) electrons. The van der Waals surface area contributed by atoms with Crippen molar-refractivity contribution >= 4 is 17.5 Å². The lowest BCUT2D eigenvalue weighted by Gasteiger charge is -2.08. The van der Waals surface area contributed by atoms with Crippen LogP contribution in [-0.4, -0.2) is 30.6 Å². The number of aryl methyl sites for hydroxylation is 1. The molecule has 1 aromatic heterocycles. The second-order valence-electron chi connectivity index (χ2n) is 5.55. The largest absolute Gasteiger partial charge is 0.381 e. The van der Waals surface area contributed by atoms with E-state index in [-0.39, 0.29) is 5.91 Å². The highest BCUT2D eigenvalue weighted by Crippen LogP contribution is 2.28. The average Bonchev–Trinajstić information content (AvgIpc) is 3.26. The highest BCUT2D eigenvalue weighted by atomic mass is 35.5. The number of pyridine rings is 1. The van der Waals surface area contributed by atoms with Gasteiger partial charge in [0.2, 0.25) is 0 Å². The zero-order valence-corrected chi connectivity index (χ0v) is 13.3. The number of nitrogens with zero attached hydrogens (tertiary/aromatic N) is 1. The highest BCUT2D eigenvalue weighted by molar-refractivity contribution is 6.29. The van der Waals surface area contributed by atoms with E-state index in [4.69, 9.17) is 16.3 Å². The van der Waals surface area contributed by atoms with E-state index in [1.807, 2.05) is 6.07 Å². The summed E-state index contributed by atoms with van der Waals surface area (Å²) in [4.78, 5) is 16.3. The van der Waals surface area contributed by atoms with Crippen LogP contribution in [0.4, 0.5) is 0 Å². The van der Waals surface area contributed by atoms with Crippen LogP contribution >= 0.6 is 11.6 Å². The highest BCUT2D eigenvalue weighted by Gasteiger charge is 2.20. The van der Waals surface area contributed by atoms with Crippen molar-refractivity contribution in [1.29, 1.82) is 0 Å². The van der Waals surface area contributed by atoms with Crippen LogP contribution in [0.3, 0.4) is 0 Å². The minimum atomic E-state index is -0.0983. The second-order valence-corrected chi connectivity index (χ2v) is 5.93. The molecule has 5 heteroatoms. The zero-order chi connectivity index (χ0) is 15.1. The zero-order valence-electron chi connectivity index (χ0n) is 12.5. The lowest BCUT2D eigenvalue weighted by Crippen LogP contribution is -2.25. The van der Waals surface area contributed by atoms with Gasteiger partial charge in [0.05, 0.1) is 0 Å². The maximum absolute atomic E-state index is 12.1. The molecule has 1 fully saturated rings. The predicted molar refractivity (Wildman–Crippen MR) is 83.7 cm³/mol. The van der Waals surface area contributed by atoms with Crippen LogP contribution in [-0.2, 0) is 11.2 Å². The number of amides is 1. The average molecular weight is 311 g/mol. The molecule has 1 aliphatic carbocycles. The Balaban J connectivity index is 1.71. The first-order valence-corrected chi connectivity index (χ1v) is 8.09. The number of carbonyl (C=O) groups is 1. The van der Waals surface area contributed by atoms with Gasteiger partial charge >= 0.3 is 0 Å². The first-order chi connectivity index (χ1) is 10.2. The summed E-state index contributed by atoms with van der Waals surface area (Å²) in [5.41, 5.74) is 1.44.